The van der Waals surface area contributed by atoms with Gasteiger partial charge in [0.2, 0.25) is 11.8 Å². The smallest absolute Gasteiger partial charge is 0.407 e. The monoisotopic (exact) mass is 1550 g/mol. The number of carbonyl (C=O) groups is 7. The number of allylic oxidation sites excluding steroid dienone is 1. The zero-order valence-electron chi connectivity index (χ0n) is 66.3. The molecule has 0 bridgehead atoms. The van der Waals surface area contributed by atoms with Crippen molar-refractivity contribution >= 4 is 71.3 Å². The number of nitrogens with one attached hydrogen (secondary N) is 7. The molecule has 0 aliphatic rings. The largest absolute Gasteiger partial charge is 0.481 e. The van der Waals surface area contributed by atoms with E-state index in [1.54, 1.807) is 68.2 Å². The van der Waals surface area contributed by atoms with E-state index in [-0.39, 0.29) is 34.1 Å². The lowest BCUT2D eigenvalue weighted by molar-refractivity contribution is -0.154. The van der Waals surface area contributed by atoms with Gasteiger partial charge in [-0.05, 0) is 208 Å². The molecule has 0 saturated heterocycles. The van der Waals surface area contributed by atoms with Crippen LogP contribution >= 0.6 is 23.2 Å². The molecule has 598 valence electrons. The first-order valence-electron chi connectivity index (χ1n) is 36.3. The molecule has 109 heavy (non-hydrogen) atoms. The van der Waals surface area contributed by atoms with Crippen molar-refractivity contribution in [1.82, 2.24) is 51.0 Å². The van der Waals surface area contributed by atoms with E-state index in [4.69, 9.17) is 51.6 Å². The van der Waals surface area contributed by atoms with Crippen molar-refractivity contribution in [2.45, 2.75) is 209 Å². The van der Waals surface area contributed by atoms with Gasteiger partial charge in [0.1, 0.15) is 39.1 Å². The predicted molar refractivity (Wildman–Crippen MR) is 428 cm³/mol. The molecule has 0 fully saturated rings. The zero-order chi connectivity index (χ0) is 81.5. The Labute approximate surface area is 653 Å². The van der Waals surface area contributed by atoms with Gasteiger partial charge in [0.25, 0.3) is 22.9 Å². The summed E-state index contributed by atoms with van der Waals surface area (Å²) in [6, 6.07) is 22.6. The zero-order valence-corrected chi connectivity index (χ0v) is 67.8. The third kappa shape index (κ3) is 49.5. The Morgan fingerprint density at radius 1 is 0.450 bits per heavy atom. The fraction of sp³-hybridized carbons (Fsp3) is 0.494. The van der Waals surface area contributed by atoms with Crippen LogP contribution in [0.3, 0.4) is 0 Å². The third-order valence-electron chi connectivity index (χ3n) is 13.2. The highest BCUT2D eigenvalue weighted by Crippen LogP contribution is 2.16. The van der Waals surface area contributed by atoms with Gasteiger partial charge in [0.15, 0.2) is 0 Å². The van der Waals surface area contributed by atoms with E-state index in [0.29, 0.717) is 119 Å². The fourth-order valence-electron chi connectivity index (χ4n) is 8.74. The number of carbonyl (C=O) groups excluding carboxylic acids is 7. The first-order chi connectivity index (χ1) is 51.2. The van der Waals surface area contributed by atoms with Crippen molar-refractivity contribution in [2.75, 3.05) is 58.2 Å². The van der Waals surface area contributed by atoms with Gasteiger partial charge in [0, 0.05) is 99.8 Å². The van der Waals surface area contributed by atoms with E-state index in [2.05, 4.69) is 59.0 Å². The average molecular weight is 1550 g/mol. The lowest BCUT2D eigenvalue weighted by Crippen LogP contribution is -2.33. The molecule has 2 aromatic carbocycles. The van der Waals surface area contributed by atoms with Gasteiger partial charge in [-0.25, -0.2) is 24.2 Å². The number of amides is 6. The molecule has 7 N–H and O–H groups in total. The van der Waals surface area contributed by atoms with Crippen LogP contribution in [-0.4, -0.2) is 142 Å². The van der Waals surface area contributed by atoms with E-state index in [1.165, 1.54) is 21.3 Å². The van der Waals surface area contributed by atoms with Gasteiger partial charge < -0.3 is 74.8 Å². The SMILES string of the molecule is CC(C)(C)OC(=O)CCC/C=C/CCNC(=O)OC(C)(C)C.CC(C)(C)OC(=O)NCC/C=C/CCNC(=O)c1cccn(Cc2cccc(Cl)c2)c1=O.CC(C)(C)OC(=O)NCCC#CCCNC(=O)OC(C)(C)C.COc1ccnc(NCC/C=C/CCNC(=O)c2cccn(Cc3cccc(Cl)c3)c2=O)n1. The summed E-state index contributed by atoms with van der Waals surface area (Å²) in [6.45, 7) is 31.4. The minimum atomic E-state index is -0.518. The number of pyridine rings is 2. The standard InChI is InChI=1S/C24H26ClN5O3.C24H30ClN3O4.C17H31NO4.C16H28N2O4/c1-33-21-11-14-28-24(29-21)27-13-5-3-2-4-12-26-22(31)20-10-7-15-30(23(20)32)17-18-8-6-9-19(25)16-18;1-24(2,3)32-23(31)27-14-7-5-4-6-13-26-21(29)20-12-9-15-28(22(20)30)17-18-10-8-11-19(25)16-18;1-16(2,3)21-14(19)12-10-8-7-9-11-13-18-15(20)22-17(4,5)6;1-15(2,3)21-13(19)17-11-9-7-8-10-12-18-14(20)22-16(4,5)6/h2-3,6-11,14-16H,4-5,12-13,17H2,1H3,(H,26,31)(H,27,28,29);4-5,8-12,15-16H,6-7,13-14,17H2,1-3H3,(H,26,29)(H,27,31);7,9H,8,10-13H2,1-6H3,(H,18,20);9-12H2,1-6H3,(H,17,19)(H,18,20)/b3-2+;5-4+;9-7+;. The van der Waals surface area contributed by atoms with Gasteiger partial charge in [-0.2, -0.15) is 4.98 Å². The maximum atomic E-state index is 12.7. The molecule has 6 amide bonds. The first kappa shape index (κ1) is 94.9. The van der Waals surface area contributed by atoms with Crippen molar-refractivity contribution in [3.8, 4) is 17.7 Å². The Bertz CT molecular complexity index is 3850. The molecule has 5 aromatic rings. The molecule has 0 unspecified atom stereocenters. The number of unbranched alkanes of at least 4 members (excludes halogenated alkanes) is 1. The molecule has 0 saturated carbocycles. The molecule has 28 heteroatoms. The molecule has 0 radical (unpaired) electrons. The number of hydrogen-bond acceptors (Lipinski definition) is 18. The summed E-state index contributed by atoms with van der Waals surface area (Å²) >= 11 is 12.0. The lowest BCUT2D eigenvalue weighted by atomic mass is 10.2. The van der Waals surface area contributed by atoms with E-state index < -0.39 is 58.3 Å². The number of ether oxygens (including phenoxy) is 6. The van der Waals surface area contributed by atoms with Crippen molar-refractivity contribution in [3.05, 3.63) is 187 Å². The van der Waals surface area contributed by atoms with Gasteiger partial charge in [-0.15, -0.1) is 11.8 Å². The van der Waals surface area contributed by atoms with Crippen LogP contribution in [0.2, 0.25) is 10.0 Å². The second-order valence-electron chi connectivity index (χ2n) is 29.2. The molecule has 0 aliphatic heterocycles. The average Bonchev–Trinajstić information content (AvgIpc) is 0.836. The van der Waals surface area contributed by atoms with Crippen molar-refractivity contribution in [1.29, 1.82) is 0 Å². The molecular weight excluding hydrogens is 1440 g/mol. The number of benzene rings is 2. The Balaban J connectivity index is 0.000000503. The molecular formula is C81H115Cl2N11O15. The lowest BCUT2D eigenvalue weighted by Gasteiger charge is -2.19. The van der Waals surface area contributed by atoms with Crippen LogP contribution < -0.4 is 53.1 Å². The van der Waals surface area contributed by atoms with Gasteiger partial charge in [-0.1, -0.05) is 83.9 Å². The number of aromatic nitrogens is 4. The normalized spacial score (nSPS) is 11.3. The number of rotatable bonds is 31. The molecule has 26 nitrogen and oxygen atoms in total. The van der Waals surface area contributed by atoms with E-state index in [1.807, 2.05) is 165 Å². The number of hydrogen-bond donors (Lipinski definition) is 7. The Morgan fingerprint density at radius 2 is 0.807 bits per heavy atom. The topological polar surface area (TPSA) is 329 Å². The Morgan fingerprint density at radius 3 is 1.17 bits per heavy atom. The van der Waals surface area contributed by atoms with E-state index in [9.17, 15) is 43.2 Å². The molecule has 0 spiro atoms. The van der Waals surface area contributed by atoms with Crippen LogP contribution in [0.1, 0.15) is 200 Å². The molecule has 3 aromatic heterocycles. The molecule has 3 heterocycles. The van der Waals surface area contributed by atoms with Crippen LogP contribution in [0.25, 0.3) is 0 Å². The highest BCUT2D eigenvalue weighted by Gasteiger charge is 2.20. The van der Waals surface area contributed by atoms with Crippen LogP contribution in [0.4, 0.5) is 25.1 Å². The fourth-order valence-corrected chi connectivity index (χ4v) is 9.16. The minimum absolute atomic E-state index is 0.0973. The van der Waals surface area contributed by atoms with E-state index in [0.717, 1.165) is 36.8 Å². The quantitative estimate of drug-likeness (QED) is 0.00712. The highest BCUT2D eigenvalue weighted by molar-refractivity contribution is 6.30. The maximum Gasteiger partial charge on any atom is 0.407 e. The number of nitrogens with zero attached hydrogens (tertiary/aromatic N) is 4. The van der Waals surface area contributed by atoms with Gasteiger partial charge in [-0.3, -0.25) is 24.0 Å². The summed E-state index contributed by atoms with van der Waals surface area (Å²) in [7, 11) is 1.56. The Kier molecular flexibility index (Phi) is 44.0. The van der Waals surface area contributed by atoms with Crippen LogP contribution in [-0.2, 0) is 41.6 Å². The Hall–Kier alpha value is -10.1. The molecule has 5 rings (SSSR count). The van der Waals surface area contributed by atoms with Crippen molar-refractivity contribution < 1.29 is 62.0 Å². The minimum Gasteiger partial charge on any atom is -0.481 e. The highest BCUT2D eigenvalue weighted by atomic mass is 35.5. The van der Waals surface area contributed by atoms with Crippen LogP contribution in [0, 0.1) is 11.8 Å². The summed E-state index contributed by atoms with van der Waals surface area (Å²) in [5.74, 6) is 5.90. The maximum absolute atomic E-state index is 12.7. The summed E-state index contributed by atoms with van der Waals surface area (Å²) in [6.07, 6.45) is 21.6. The number of esters is 1. The molecule has 0 aliphatic carbocycles. The van der Waals surface area contributed by atoms with Gasteiger partial charge in [0.05, 0.1) is 20.2 Å². The summed E-state index contributed by atoms with van der Waals surface area (Å²) in [4.78, 5) is 116. The van der Waals surface area contributed by atoms with E-state index >= 15 is 0 Å². The molecule has 0 atom stereocenters. The number of halogens is 2. The second-order valence-corrected chi connectivity index (χ2v) is 30.1. The summed E-state index contributed by atoms with van der Waals surface area (Å²) < 4.78 is 33.7. The summed E-state index contributed by atoms with van der Waals surface area (Å²) in [5, 5.41) is 20.5. The van der Waals surface area contributed by atoms with Crippen LogP contribution in [0.5, 0.6) is 5.88 Å². The third-order valence-corrected chi connectivity index (χ3v) is 13.7. The van der Waals surface area contributed by atoms with Crippen molar-refractivity contribution in [3.63, 3.8) is 0 Å². The number of anilines is 1. The number of alkyl carbamates (subject to hydrolysis) is 4. The van der Waals surface area contributed by atoms with Crippen molar-refractivity contribution in [2.24, 2.45) is 0 Å². The summed E-state index contributed by atoms with van der Waals surface area (Å²) in [5.41, 5.74) is -1.11. The predicted octanol–water partition coefficient (Wildman–Crippen LogP) is 14.5. The first-order valence-corrected chi connectivity index (χ1v) is 37.0. The van der Waals surface area contributed by atoms with Crippen LogP contribution in [0.15, 0.2) is 143 Å². The number of methoxy groups -OCH3 is 1. The van der Waals surface area contributed by atoms with Gasteiger partial charge >= 0.3 is 30.3 Å². The second kappa shape index (κ2) is 50.5.